The Morgan fingerprint density at radius 3 is 2.61 bits per heavy atom. The number of esters is 1. The highest BCUT2D eigenvalue weighted by atomic mass is 16.5. The van der Waals surface area contributed by atoms with Crippen LogP contribution in [0.4, 0.5) is 5.95 Å². The predicted molar refractivity (Wildman–Crippen MR) is 68.0 cm³/mol. The molecule has 0 unspecified atom stereocenters. The minimum atomic E-state index is -0.0622. The highest BCUT2D eigenvalue weighted by Gasteiger charge is 2.26. The number of carbonyl (C=O) groups is 1. The van der Waals surface area contributed by atoms with Gasteiger partial charge in [-0.2, -0.15) is 0 Å². The highest BCUT2D eigenvalue weighted by molar-refractivity contribution is 5.72. The predicted octanol–water partition coefficient (Wildman–Crippen LogP) is 1.87. The number of carbonyl (C=O) groups excluding carboxylic acids is 1. The molecular formula is C13H19N3O2. The van der Waals surface area contributed by atoms with Crippen LogP contribution in [0.5, 0.6) is 0 Å². The topological polar surface area (TPSA) is 64.1 Å². The van der Waals surface area contributed by atoms with E-state index in [1.807, 2.05) is 0 Å². The minimum absolute atomic E-state index is 0.0622. The Hall–Kier alpha value is -1.65. The lowest BCUT2D eigenvalue weighted by atomic mass is 9.82. The van der Waals surface area contributed by atoms with Crippen LogP contribution in [0, 0.1) is 11.8 Å². The third kappa shape index (κ3) is 3.42. The molecule has 1 aliphatic rings. The summed E-state index contributed by atoms with van der Waals surface area (Å²) in [6.07, 6.45) is 7.41. The minimum Gasteiger partial charge on any atom is -0.469 e. The first kappa shape index (κ1) is 12.8. The molecule has 0 saturated heterocycles. The van der Waals surface area contributed by atoms with E-state index in [9.17, 15) is 4.79 Å². The molecule has 1 heterocycles. The van der Waals surface area contributed by atoms with Crippen LogP contribution in [-0.4, -0.2) is 29.6 Å². The Labute approximate surface area is 107 Å². The zero-order valence-electron chi connectivity index (χ0n) is 10.6. The zero-order chi connectivity index (χ0) is 12.8. The van der Waals surface area contributed by atoms with Crippen molar-refractivity contribution < 1.29 is 9.53 Å². The van der Waals surface area contributed by atoms with Crippen LogP contribution in [-0.2, 0) is 9.53 Å². The fraction of sp³-hybridized carbons (Fsp3) is 0.615. The van der Waals surface area contributed by atoms with Crippen molar-refractivity contribution in [3.05, 3.63) is 18.5 Å². The number of methoxy groups -OCH3 is 1. The van der Waals surface area contributed by atoms with Gasteiger partial charge in [-0.1, -0.05) is 0 Å². The van der Waals surface area contributed by atoms with E-state index in [-0.39, 0.29) is 11.9 Å². The fourth-order valence-corrected chi connectivity index (χ4v) is 2.39. The van der Waals surface area contributed by atoms with E-state index in [4.69, 9.17) is 4.74 Å². The van der Waals surface area contributed by atoms with Gasteiger partial charge in [0, 0.05) is 18.9 Å². The van der Waals surface area contributed by atoms with Gasteiger partial charge in [0.15, 0.2) is 0 Å². The van der Waals surface area contributed by atoms with Gasteiger partial charge < -0.3 is 10.1 Å². The number of anilines is 1. The third-order valence-corrected chi connectivity index (χ3v) is 3.50. The molecule has 0 aliphatic heterocycles. The van der Waals surface area contributed by atoms with E-state index in [2.05, 4.69) is 15.3 Å². The summed E-state index contributed by atoms with van der Waals surface area (Å²) in [5.74, 6) is 1.30. The van der Waals surface area contributed by atoms with Gasteiger partial charge in [0.1, 0.15) is 0 Å². The maximum absolute atomic E-state index is 11.4. The monoisotopic (exact) mass is 249 g/mol. The van der Waals surface area contributed by atoms with Gasteiger partial charge in [0.2, 0.25) is 5.95 Å². The molecule has 0 spiro atoms. The van der Waals surface area contributed by atoms with Crippen molar-refractivity contribution in [1.82, 2.24) is 9.97 Å². The largest absolute Gasteiger partial charge is 0.469 e. The second kappa shape index (κ2) is 6.33. The van der Waals surface area contributed by atoms with Gasteiger partial charge in [0.25, 0.3) is 0 Å². The van der Waals surface area contributed by atoms with E-state index in [1.54, 1.807) is 18.5 Å². The summed E-state index contributed by atoms with van der Waals surface area (Å²) in [7, 11) is 1.46. The molecule has 1 N–H and O–H groups in total. The number of nitrogens with zero attached hydrogens (tertiary/aromatic N) is 2. The molecule has 0 atom stereocenters. The molecule has 18 heavy (non-hydrogen) atoms. The van der Waals surface area contributed by atoms with Crippen molar-refractivity contribution in [2.24, 2.45) is 11.8 Å². The smallest absolute Gasteiger partial charge is 0.308 e. The average molecular weight is 249 g/mol. The molecule has 1 aromatic rings. The Morgan fingerprint density at radius 2 is 2.00 bits per heavy atom. The first-order valence-electron chi connectivity index (χ1n) is 6.38. The van der Waals surface area contributed by atoms with Crippen LogP contribution in [0.15, 0.2) is 18.5 Å². The van der Waals surface area contributed by atoms with E-state index >= 15 is 0 Å². The Bertz CT molecular complexity index is 375. The molecular weight excluding hydrogens is 230 g/mol. The molecule has 1 fully saturated rings. The maximum atomic E-state index is 11.4. The van der Waals surface area contributed by atoms with Crippen molar-refractivity contribution in [3.63, 3.8) is 0 Å². The second-order valence-corrected chi connectivity index (χ2v) is 4.69. The fourth-order valence-electron chi connectivity index (χ4n) is 2.39. The highest BCUT2D eigenvalue weighted by Crippen LogP contribution is 2.29. The van der Waals surface area contributed by atoms with Gasteiger partial charge in [-0.25, -0.2) is 9.97 Å². The Kier molecular flexibility index (Phi) is 4.50. The normalized spacial score (nSPS) is 23.4. The third-order valence-electron chi connectivity index (χ3n) is 3.50. The van der Waals surface area contributed by atoms with Crippen LogP contribution >= 0.6 is 0 Å². The Balaban J connectivity index is 1.72. The van der Waals surface area contributed by atoms with Crippen molar-refractivity contribution in [3.8, 4) is 0 Å². The van der Waals surface area contributed by atoms with Crippen molar-refractivity contribution in [2.45, 2.75) is 25.7 Å². The molecule has 1 saturated carbocycles. The van der Waals surface area contributed by atoms with Crippen molar-refractivity contribution >= 4 is 11.9 Å². The number of aromatic nitrogens is 2. The summed E-state index contributed by atoms with van der Waals surface area (Å²) in [6.45, 7) is 0.873. The van der Waals surface area contributed by atoms with Crippen LogP contribution in [0.1, 0.15) is 25.7 Å². The maximum Gasteiger partial charge on any atom is 0.308 e. The number of rotatable bonds is 4. The van der Waals surface area contributed by atoms with Gasteiger partial charge in [0.05, 0.1) is 13.0 Å². The quantitative estimate of drug-likeness (QED) is 0.825. The van der Waals surface area contributed by atoms with Gasteiger partial charge in [-0.3, -0.25) is 4.79 Å². The lowest BCUT2D eigenvalue weighted by Gasteiger charge is -2.26. The molecule has 1 aromatic heterocycles. The zero-order valence-corrected chi connectivity index (χ0v) is 10.6. The van der Waals surface area contributed by atoms with Crippen LogP contribution < -0.4 is 5.32 Å². The number of hydrogen-bond donors (Lipinski definition) is 1. The van der Waals surface area contributed by atoms with Crippen LogP contribution in [0.2, 0.25) is 0 Å². The number of hydrogen-bond acceptors (Lipinski definition) is 5. The van der Waals surface area contributed by atoms with E-state index in [0.29, 0.717) is 11.9 Å². The molecule has 1 aliphatic carbocycles. The summed E-state index contributed by atoms with van der Waals surface area (Å²) < 4.78 is 4.78. The lowest BCUT2D eigenvalue weighted by molar-refractivity contribution is -0.146. The summed E-state index contributed by atoms with van der Waals surface area (Å²) in [6, 6.07) is 1.80. The summed E-state index contributed by atoms with van der Waals surface area (Å²) >= 11 is 0. The second-order valence-electron chi connectivity index (χ2n) is 4.69. The first-order chi connectivity index (χ1) is 8.79. The van der Waals surface area contributed by atoms with E-state index < -0.39 is 0 Å². The van der Waals surface area contributed by atoms with Gasteiger partial charge >= 0.3 is 5.97 Å². The van der Waals surface area contributed by atoms with E-state index in [0.717, 1.165) is 32.2 Å². The molecule has 0 aromatic carbocycles. The summed E-state index contributed by atoms with van der Waals surface area (Å²) in [4.78, 5) is 19.6. The molecule has 0 amide bonds. The molecule has 5 nitrogen and oxygen atoms in total. The standard InChI is InChI=1S/C13H19N3O2/c1-18-12(17)11-5-3-10(4-6-11)9-16-13-14-7-2-8-15-13/h2,7-8,10-11H,3-6,9H2,1H3,(H,14,15,16). The number of nitrogens with one attached hydrogen (secondary N) is 1. The van der Waals surface area contributed by atoms with Gasteiger partial charge in [-0.05, 0) is 37.7 Å². The molecule has 2 rings (SSSR count). The van der Waals surface area contributed by atoms with Crippen LogP contribution in [0.3, 0.4) is 0 Å². The summed E-state index contributed by atoms with van der Waals surface area (Å²) in [5.41, 5.74) is 0. The first-order valence-corrected chi connectivity index (χ1v) is 6.38. The molecule has 0 bridgehead atoms. The average Bonchev–Trinajstić information content (AvgIpc) is 2.46. The summed E-state index contributed by atoms with van der Waals surface area (Å²) in [5, 5.41) is 3.23. The molecule has 98 valence electrons. The molecule has 5 heteroatoms. The lowest BCUT2D eigenvalue weighted by Crippen LogP contribution is -2.26. The van der Waals surface area contributed by atoms with Crippen molar-refractivity contribution in [2.75, 3.05) is 19.0 Å². The Morgan fingerprint density at radius 1 is 1.33 bits per heavy atom. The number of ether oxygens (including phenoxy) is 1. The van der Waals surface area contributed by atoms with Crippen molar-refractivity contribution in [1.29, 1.82) is 0 Å². The molecule has 0 radical (unpaired) electrons. The van der Waals surface area contributed by atoms with E-state index in [1.165, 1.54) is 7.11 Å². The SMILES string of the molecule is COC(=O)C1CCC(CNc2ncccn2)CC1. The van der Waals surface area contributed by atoms with Crippen LogP contribution in [0.25, 0.3) is 0 Å². The van der Waals surface area contributed by atoms with Gasteiger partial charge in [-0.15, -0.1) is 0 Å².